The Morgan fingerprint density at radius 1 is 1.47 bits per heavy atom. The summed E-state index contributed by atoms with van der Waals surface area (Å²) < 4.78 is 2.12. The van der Waals surface area contributed by atoms with Crippen LogP contribution in [0.5, 0.6) is 0 Å². The normalized spacial score (nSPS) is 17.9. The van der Waals surface area contributed by atoms with Gasteiger partial charge in [0.2, 0.25) is 0 Å². The van der Waals surface area contributed by atoms with Gasteiger partial charge in [-0.25, -0.2) is 0 Å². The van der Waals surface area contributed by atoms with Crippen LogP contribution in [0.15, 0.2) is 6.20 Å². The zero-order valence-electron chi connectivity index (χ0n) is 9.28. The third-order valence-electron chi connectivity index (χ3n) is 3.37. The Morgan fingerprint density at radius 2 is 2.20 bits per heavy atom. The second kappa shape index (κ2) is 4.60. The van der Waals surface area contributed by atoms with Gasteiger partial charge in [0, 0.05) is 17.7 Å². The number of aromatic nitrogens is 2. The molecule has 1 fully saturated rings. The van der Waals surface area contributed by atoms with Crippen molar-refractivity contribution in [3.8, 4) is 0 Å². The Bertz CT molecular complexity index is 337. The van der Waals surface area contributed by atoms with Crippen LogP contribution in [0.1, 0.15) is 49.4 Å². The fourth-order valence-electron chi connectivity index (χ4n) is 2.44. The SMILES string of the molecule is Cc1c(CC=O)cnn1C1CCCCC1. The standard InChI is InChI=1S/C12H18N2O/c1-10-11(7-8-15)9-13-14(10)12-5-3-2-4-6-12/h8-9,12H,2-7H2,1H3. The quantitative estimate of drug-likeness (QED) is 0.712. The lowest BCUT2D eigenvalue weighted by Crippen LogP contribution is -2.15. The summed E-state index contributed by atoms with van der Waals surface area (Å²) >= 11 is 0. The van der Waals surface area contributed by atoms with Gasteiger partial charge in [-0.05, 0) is 19.8 Å². The fraction of sp³-hybridized carbons (Fsp3) is 0.667. The second-order valence-electron chi connectivity index (χ2n) is 4.36. The number of carbonyl (C=O) groups is 1. The first-order chi connectivity index (χ1) is 7.33. The lowest BCUT2D eigenvalue weighted by atomic mass is 9.95. The molecule has 0 atom stereocenters. The lowest BCUT2D eigenvalue weighted by Gasteiger charge is -2.23. The molecule has 15 heavy (non-hydrogen) atoms. The van der Waals surface area contributed by atoms with Gasteiger partial charge in [-0.3, -0.25) is 4.68 Å². The van der Waals surface area contributed by atoms with Crippen LogP contribution in [0.25, 0.3) is 0 Å². The molecule has 0 spiro atoms. The zero-order valence-corrected chi connectivity index (χ0v) is 9.28. The van der Waals surface area contributed by atoms with E-state index in [9.17, 15) is 4.79 Å². The molecule has 82 valence electrons. The van der Waals surface area contributed by atoms with Gasteiger partial charge in [0.1, 0.15) is 6.29 Å². The van der Waals surface area contributed by atoms with Crippen molar-refractivity contribution in [1.82, 2.24) is 9.78 Å². The van der Waals surface area contributed by atoms with Gasteiger partial charge in [-0.15, -0.1) is 0 Å². The molecule has 3 nitrogen and oxygen atoms in total. The summed E-state index contributed by atoms with van der Waals surface area (Å²) in [6.45, 7) is 2.07. The summed E-state index contributed by atoms with van der Waals surface area (Å²) in [5, 5.41) is 4.42. The molecular weight excluding hydrogens is 188 g/mol. The van der Waals surface area contributed by atoms with Gasteiger partial charge in [0.15, 0.2) is 0 Å². The Balaban J connectivity index is 2.16. The molecule has 0 saturated heterocycles. The van der Waals surface area contributed by atoms with E-state index < -0.39 is 0 Å². The molecule has 1 aromatic heterocycles. The molecule has 0 radical (unpaired) electrons. The lowest BCUT2D eigenvalue weighted by molar-refractivity contribution is -0.107. The minimum Gasteiger partial charge on any atom is -0.303 e. The summed E-state index contributed by atoms with van der Waals surface area (Å²) in [4.78, 5) is 10.5. The van der Waals surface area contributed by atoms with E-state index in [1.807, 2.05) is 6.20 Å². The Morgan fingerprint density at radius 3 is 2.87 bits per heavy atom. The van der Waals surface area contributed by atoms with Crippen molar-refractivity contribution < 1.29 is 4.79 Å². The topological polar surface area (TPSA) is 34.9 Å². The van der Waals surface area contributed by atoms with Crippen LogP contribution in [0.3, 0.4) is 0 Å². The molecule has 0 aromatic carbocycles. The van der Waals surface area contributed by atoms with Crippen LogP contribution < -0.4 is 0 Å². The van der Waals surface area contributed by atoms with Gasteiger partial charge in [-0.2, -0.15) is 5.10 Å². The molecule has 1 saturated carbocycles. The van der Waals surface area contributed by atoms with Gasteiger partial charge >= 0.3 is 0 Å². The molecule has 1 aliphatic rings. The number of nitrogens with zero attached hydrogens (tertiary/aromatic N) is 2. The first kappa shape index (κ1) is 10.4. The molecule has 0 amide bonds. The maximum absolute atomic E-state index is 10.5. The molecule has 3 heteroatoms. The molecule has 0 bridgehead atoms. The largest absolute Gasteiger partial charge is 0.303 e. The van der Waals surface area contributed by atoms with Crippen molar-refractivity contribution in [2.24, 2.45) is 0 Å². The molecule has 2 rings (SSSR count). The van der Waals surface area contributed by atoms with E-state index in [-0.39, 0.29) is 0 Å². The van der Waals surface area contributed by atoms with Gasteiger partial charge in [0.25, 0.3) is 0 Å². The highest BCUT2D eigenvalue weighted by atomic mass is 16.1. The van der Waals surface area contributed by atoms with Crippen LogP contribution in [0.4, 0.5) is 0 Å². The Hall–Kier alpha value is -1.12. The minimum atomic E-state index is 0.499. The number of carbonyl (C=O) groups excluding carboxylic acids is 1. The monoisotopic (exact) mass is 206 g/mol. The average Bonchev–Trinajstić information content (AvgIpc) is 2.63. The second-order valence-corrected chi connectivity index (χ2v) is 4.36. The van der Waals surface area contributed by atoms with E-state index in [2.05, 4.69) is 16.7 Å². The fourth-order valence-corrected chi connectivity index (χ4v) is 2.44. The van der Waals surface area contributed by atoms with E-state index >= 15 is 0 Å². The number of rotatable bonds is 3. The number of hydrogen-bond donors (Lipinski definition) is 0. The Labute approximate surface area is 90.5 Å². The Kier molecular flexibility index (Phi) is 3.19. The van der Waals surface area contributed by atoms with Crippen LogP contribution in [-0.2, 0) is 11.2 Å². The van der Waals surface area contributed by atoms with Crippen molar-refractivity contribution in [2.75, 3.05) is 0 Å². The third kappa shape index (κ3) is 2.11. The van der Waals surface area contributed by atoms with Crippen molar-refractivity contribution in [2.45, 2.75) is 51.5 Å². The summed E-state index contributed by atoms with van der Waals surface area (Å²) in [7, 11) is 0. The van der Waals surface area contributed by atoms with E-state index in [1.54, 1.807) is 0 Å². The molecule has 0 N–H and O–H groups in total. The smallest absolute Gasteiger partial charge is 0.124 e. The van der Waals surface area contributed by atoms with Gasteiger partial charge in [0.05, 0.1) is 12.2 Å². The zero-order chi connectivity index (χ0) is 10.7. The minimum absolute atomic E-state index is 0.499. The summed E-state index contributed by atoms with van der Waals surface area (Å²) in [5.41, 5.74) is 2.25. The highest BCUT2D eigenvalue weighted by Gasteiger charge is 2.18. The average molecular weight is 206 g/mol. The number of hydrogen-bond acceptors (Lipinski definition) is 2. The summed E-state index contributed by atoms with van der Waals surface area (Å²) in [5.74, 6) is 0. The van der Waals surface area contributed by atoms with Gasteiger partial charge < -0.3 is 4.79 Å². The molecule has 0 aliphatic heterocycles. The molecule has 0 unspecified atom stereocenters. The predicted octanol–water partition coefficient (Wildman–Crippen LogP) is 2.44. The molecular formula is C12H18N2O. The van der Waals surface area contributed by atoms with Crippen molar-refractivity contribution >= 4 is 6.29 Å². The molecule has 1 aromatic rings. The van der Waals surface area contributed by atoms with E-state index in [4.69, 9.17) is 0 Å². The first-order valence-electron chi connectivity index (χ1n) is 5.79. The van der Waals surface area contributed by atoms with Crippen molar-refractivity contribution in [1.29, 1.82) is 0 Å². The van der Waals surface area contributed by atoms with E-state index in [0.717, 1.165) is 11.8 Å². The van der Waals surface area contributed by atoms with Crippen molar-refractivity contribution in [3.05, 3.63) is 17.5 Å². The summed E-state index contributed by atoms with van der Waals surface area (Å²) in [6, 6.07) is 0.569. The van der Waals surface area contributed by atoms with Crippen LogP contribution in [0.2, 0.25) is 0 Å². The maximum atomic E-state index is 10.5. The maximum Gasteiger partial charge on any atom is 0.124 e. The third-order valence-corrected chi connectivity index (χ3v) is 3.37. The molecule has 1 heterocycles. The van der Waals surface area contributed by atoms with Crippen LogP contribution in [-0.4, -0.2) is 16.1 Å². The van der Waals surface area contributed by atoms with Crippen LogP contribution >= 0.6 is 0 Å². The van der Waals surface area contributed by atoms with E-state index in [0.29, 0.717) is 12.5 Å². The predicted molar refractivity (Wildman–Crippen MR) is 58.9 cm³/mol. The number of aldehydes is 1. The first-order valence-corrected chi connectivity index (χ1v) is 5.79. The van der Waals surface area contributed by atoms with Crippen molar-refractivity contribution in [3.63, 3.8) is 0 Å². The summed E-state index contributed by atoms with van der Waals surface area (Å²) in [6.07, 6.45) is 9.76. The molecule has 1 aliphatic carbocycles. The highest BCUT2D eigenvalue weighted by molar-refractivity contribution is 5.55. The van der Waals surface area contributed by atoms with Gasteiger partial charge in [-0.1, -0.05) is 19.3 Å². The highest BCUT2D eigenvalue weighted by Crippen LogP contribution is 2.29. The van der Waals surface area contributed by atoms with Crippen LogP contribution in [0, 0.1) is 6.92 Å². The van der Waals surface area contributed by atoms with E-state index in [1.165, 1.54) is 37.8 Å².